The number of halogens is 4. The average molecular weight is 491 g/mol. The number of rotatable bonds is 4. The van der Waals surface area contributed by atoms with Crippen molar-refractivity contribution in [1.29, 1.82) is 0 Å². The molecule has 3 rings (SSSR count). The Morgan fingerprint density at radius 3 is 2.37 bits per heavy atom. The largest absolute Gasteiger partial charge is 0.507 e. The molecule has 0 unspecified atom stereocenters. The van der Waals surface area contributed by atoms with E-state index in [4.69, 9.17) is 0 Å². The summed E-state index contributed by atoms with van der Waals surface area (Å²) in [5.74, 6) is 0.120. The zero-order chi connectivity index (χ0) is 22.1. The maximum absolute atomic E-state index is 13.2. The number of carbonyl (C=O) groups is 1. The highest BCUT2D eigenvalue weighted by molar-refractivity contribution is 9.10. The van der Waals surface area contributed by atoms with Crippen LogP contribution >= 0.6 is 15.9 Å². The number of benzene rings is 1. The number of piperidine rings is 2. The number of amides is 1. The highest BCUT2D eigenvalue weighted by Gasteiger charge is 2.52. The maximum atomic E-state index is 13.2. The number of alkyl halides is 3. The SMILES string of the molecule is C[C@H](Cc1ccc(O)c(Br)c1)C(=O)N1CCC(N2CCC(C)(C(F)(F)F)CC2)CC1. The quantitative estimate of drug-likeness (QED) is 0.646. The zero-order valence-electron chi connectivity index (χ0n) is 17.5. The maximum Gasteiger partial charge on any atom is 0.394 e. The van der Waals surface area contributed by atoms with Gasteiger partial charge in [-0.05, 0) is 78.8 Å². The molecule has 2 heterocycles. The second-order valence-electron chi connectivity index (χ2n) is 9.04. The van der Waals surface area contributed by atoms with Crippen LogP contribution in [0.15, 0.2) is 22.7 Å². The van der Waals surface area contributed by atoms with Crippen LogP contribution in [-0.4, -0.2) is 59.2 Å². The number of aromatic hydroxyl groups is 1. The third-order valence-corrected chi connectivity index (χ3v) is 7.49. The summed E-state index contributed by atoms with van der Waals surface area (Å²) < 4.78 is 40.3. The normalized spacial score (nSPS) is 22.1. The molecule has 2 aliphatic rings. The van der Waals surface area contributed by atoms with E-state index in [0.717, 1.165) is 18.4 Å². The number of phenols is 1. The van der Waals surface area contributed by atoms with Crippen LogP contribution in [-0.2, 0) is 11.2 Å². The van der Waals surface area contributed by atoms with Gasteiger partial charge in [0.25, 0.3) is 0 Å². The number of phenolic OH excluding ortho intramolecular Hbond substituents is 1. The van der Waals surface area contributed by atoms with Gasteiger partial charge in [-0.2, -0.15) is 13.2 Å². The van der Waals surface area contributed by atoms with Crippen molar-refractivity contribution in [3.8, 4) is 5.75 Å². The van der Waals surface area contributed by atoms with E-state index >= 15 is 0 Å². The molecule has 1 amide bonds. The number of hydrogen-bond acceptors (Lipinski definition) is 3. The molecule has 2 saturated heterocycles. The molecular weight excluding hydrogens is 461 g/mol. The summed E-state index contributed by atoms with van der Waals surface area (Å²) in [4.78, 5) is 16.9. The Kier molecular flexibility index (Phi) is 7.07. The number of nitrogens with zero attached hydrogens (tertiary/aromatic N) is 2. The topological polar surface area (TPSA) is 43.8 Å². The minimum atomic E-state index is -4.14. The second-order valence-corrected chi connectivity index (χ2v) is 9.90. The smallest absolute Gasteiger partial charge is 0.394 e. The first kappa shape index (κ1) is 23.4. The Morgan fingerprint density at radius 2 is 1.83 bits per heavy atom. The zero-order valence-corrected chi connectivity index (χ0v) is 19.1. The standard InChI is InChI=1S/C22H30BrF3N2O2/c1-15(13-16-3-4-19(29)18(23)14-16)20(30)28-9-5-17(6-10-28)27-11-7-21(2,8-12-27)22(24,25)26/h3-4,14-15,17,29H,5-13H2,1-2H3/t15-/m1/s1. The van der Waals surface area contributed by atoms with Gasteiger partial charge < -0.3 is 14.9 Å². The minimum absolute atomic E-state index is 0.112. The van der Waals surface area contributed by atoms with Crippen LogP contribution in [0.5, 0.6) is 5.75 Å². The van der Waals surface area contributed by atoms with Crippen LogP contribution in [0.4, 0.5) is 13.2 Å². The van der Waals surface area contributed by atoms with Crippen molar-refractivity contribution in [3.05, 3.63) is 28.2 Å². The molecule has 0 saturated carbocycles. The summed E-state index contributed by atoms with van der Waals surface area (Å²) in [7, 11) is 0. The second kappa shape index (κ2) is 9.07. The van der Waals surface area contributed by atoms with Crippen molar-refractivity contribution in [2.24, 2.45) is 11.3 Å². The Balaban J connectivity index is 1.48. The van der Waals surface area contributed by atoms with Gasteiger partial charge in [-0.1, -0.05) is 19.9 Å². The molecule has 168 valence electrons. The van der Waals surface area contributed by atoms with E-state index in [2.05, 4.69) is 20.8 Å². The molecule has 1 aromatic carbocycles. The first-order valence-electron chi connectivity index (χ1n) is 10.6. The van der Waals surface area contributed by atoms with Crippen molar-refractivity contribution in [1.82, 2.24) is 9.80 Å². The first-order valence-corrected chi connectivity index (χ1v) is 11.4. The molecule has 0 aliphatic carbocycles. The summed E-state index contributed by atoms with van der Waals surface area (Å²) in [6.07, 6.45) is -1.63. The molecule has 0 radical (unpaired) electrons. The molecular formula is C22H30BrF3N2O2. The Labute approximate surface area is 184 Å². The minimum Gasteiger partial charge on any atom is -0.507 e. The molecule has 4 nitrogen and oxygen atoms in total. The highest BCUT2D eigenvalue weighted by atomic mass is 79.9. The van der Waals surface area contributed by atoms with Crippen molar-refractivity contribution < 1.29 is 23.1 Å². The summed E-state index contributed by atoms with van der Waals surface area (Å²) in [6.45, 7) is 5.50. The predicted molar refractivity (Wildman–Crippen MR) is 113 cm³/mol. The number of likely N-dealkylation sites (tertiary alicyclic amines) is 2. The van der Waals surface area contributed by atoms with Crippen molar-refractivity contribution in [2.45, 2.75) is 58.2 Å². The molecule has 30 heavy (non-hydrogen) atoms. The molecule has 0 bridgehead atoms. The van der Waals surface area contributed by atoms with Crippen LogP contribution in [0.2, 0.25) is 0 Å². The lowest BCUT2D eigenvalue weighted by Crippen LogP contribution is -2.53. The van der Waals surface area contributed by atoms with E-state index in [0.29, 0.717) is 37.1 Å². The first-order chi connectivity index (χ1) is 14.0. The molecule has 1 atom stereocenters. The van der Waals surface area contributed by atoms with Gasteiger partial charge in [-0.15, -0.1) is 0 Å². The van der Waals surface area contributed by atoms with Crippen LogP contribution < -0.4 is 0 Å². The third-order valence-electron chi connectivity index (χ3n) is 6.85. The molecule has 1 N–H and O–H groups in total. The van der Waals surface area contributed by atoms with Crippen LogP contribution in [0.1, 0.15) is 45.1 Å². The van der Waals surface area contributed by atoms with Gasteiger partial charge in [0.05, 0.1) is 9.89 Å². The monoisotopic (exact) mass is 490 g/mol. The van der Waals surface area contributed by atoms with Crippen molar-refractivity contribution >= 4 is 21.8 Å². The average Bonchev–Trinajstić information content (AvgIpc) is 2.70. The fourth-order valence-electron chi connectivity index (χ4n) is 4.55. The molecule has 1 aromatic rings. The molecule has 0 spiro atoms. The molecule has 8 heteroatoms. The predicted octanol–water partition coefficient (Wildman–Crippen LogP) is 4.99. The summed E-state index contributed by atoms with van der Waals surface area (Å²) in [6, 6.07) is 5.53. The van der Waals surface area contributed by atoms with Crippen LogP contribution in [0.3, 0.4) is 0 Å². The molecule has 0 aromatic heterocycles. The molecule has 2 aliphatic heterocycles. The van der Waals surface area contributed by atoms with Gasteiger partial charge in [0, 0.05) is 25.0 Å². The van der Waals surface area contributed by atoms with Gasteiger partial charge >= 0.3 is 6.18 Å². The fourth-order valence-corrected chi connectivity index (χ4v) is 4.97. The van der Waals surface area contributed by atoms with Gasteiger partial charge in [0.15, 0.2) is 0 Å². The van der Waals surface area contributed by atoms with Crippen molar-refractivity contribution in [2.75, 3.05) is 26.2 Å². The van der Waals surface area contributed by atoms with Gasteiger partial charge in [-0.25, -0.2) is 0 Å². The van der Waals surface area contributed by atoms with E-state index in [-0.39, 0.29) is 36.5 Å². The highest BCUT2D eigenvalue weighted by Crippen LogP contribution is 2.46. The third kappa shape index (κ3) is 5.13. The van der Waals surface area contributed by atoms with E-state index in [1.165, 1.54) is 6.92 Å². The van der Waals surface area contributed by atoms with Gasteiger partial charge in [-0.3, -0.25) is 4.79 Å². The Morgan fingerprint density at radius 1 is 1.23 bits per heavy atom. The van der Waals surface area contributed by atoms with E-state index in [1.807, 2.05) is 24.0 Å². The van der Waals surface area contributed by atoms with E-state index in [1.54, 1.807) is 6.07 Å². The summed E-state index contributed by atoms with van der Waals surface area (Å²) in [5, 5.41) is 9.61. The lowest BCUT2D eigenvalue weighted by Gasteiger charge is -2.45. The molecule has 2 fully saturated rings. The Bertz CT molecular complexity index is 755. The van der Waals surface area contributed by atoms with Crippen LogP contribution in [0, 0.1) is 11.3 Å². The van der Waals surface area contributed by atoms with Gasteiger partial charge in [0.2, 0.25) is 5.91 Å². The number of carbonyl (C=O) groups excluding carboxylic acids is 1. The van der Waals surface area contributed by atoms with Gasteiger partial charge in [0.1, 0.15) is 5.75 Å². The number of hydrogen-bond donors (Lipinski definition) is 1. The Hall–Kier alpha value is -1.28. The van der Waals surface area contributed by atoms with E-state index < -0.39 is 11.6 Å². The summed E-state index contributed by atoms with van der Waals surface area (Å²) >= 11 is 3.30. The fraction of sp³-hybridized carbons (Fsp3) is 0.682. The van der Waals surface area contributed by atoms with Crippen molar-refractivity contribution in [3.63, 3.8) is 0 Å². The lowest BCUT2D eigenvalue weighted by molar-refractivity contribution is -0.232. The summed E-state index contributed by atoms with van der Waals surface area (Å²) in [5.41, 5.74) is -0.588. The van der Waals surface area contributed by atoms with E-state index in [9.17, 15) is 23.1 Å². The van der Waals surface area contributed by atoms with Crippen LogP contribution in [0.25, 0.3) is 0 Å². The lowest BCUT2D eigenvalue weighted by atomic mass is 9.79.